The molecule has 128 valence electrons. The number of nitrogens with one attached hydrogen (secondary N) is 1. The monoisotopic (exact) mass is 333 g/mol. The van der Waals surface area contributed by atoms with Crippen LogP contribution in [0.25, 0.3) is 10.8 Å². The van der Waals surface area contributed by atoms with E-state index in [0.717, 1.165) is 23.7 Å². The van der Waals surface area contributed by atoms with E-state index in [9.17, 15) is 4.79 Å². The van der Waals surface area contributed by atoms with E-state index in [-0.39, 0.29) is 5.97 Å². The third-order valence-corrected chi connectivity index (χ3v) is 4.06. The van der Waals surface area contributed by atoms with Crippen LogP contribution in [0.15, 0.2) is 66.7 Å². The standard InChI is InChI=1S/C22H23NO2/c1-16(2)23-13-12-17-8-9-20-15-21(11-10-19(20)14-17)25-22(24)18-6-4-3-5-7-18/h3-11,14-16,23H,12-13H2,1-2H3. The van der Waals surface area contributed by atoms with Crippen molar-refractivity contribution >= 4 is 16.7 Å². The molecule has 25 heavy (non-hydrogen) atoms. The Morgan fingerprint density at radius 3 is 2.44 bits per heavy atom. The van der Waals surface area contributed by atoms with Crippen LogP contribution in [-0.4, -0.2) is 18.6 Å². The molecular formula is C22H23NO2. The molecule has 3 heteroatoms. The predicted molar refractivity (Wildman–Crippen MR) is 102 cm³/mol. The number of fused-ring (bicyclic) bond motifs is 1. The number of hydrogen-bond acceptors (Lipinski definition) is 3. The lowest BCUT2D eigenvalue weighted by atomic mass is 10.0. The lowest BCUT2D eigenvalue weighted by Crippen LogP contribution is -2.24. The average Bonchev–Trinajstić information content (AvgIpc) is 2.62. The van der Waals surface area contributed by atoms with Gasteiger partial charge in [-0.2, -0.15) is 0 Å². The van der Waals surface area contributed by atoms with Gasteiger partial charge in [-0.25, -0.2) is 4.79 Å². The van der Waals surface area contributed by atoms with Crippen LogP contribution in [0.5, 0.6) is 5.75 Å². The molecule has 0 spiro atoms. The second kappa shape index (κ2) is 7.95. The summed E-state index contributed by atoms with van der Waals surface area (Å²) in [6, 6.07) is 21.7. The smallest absolute Gasteiger partial charge is 0.343 e. The van der Waals surface area contributed by atoms with E-state index in [1.165, 1.54) is 5.56 Å². The maximum atomic E-state index is 12.1. The van der Waals surface area contributed by atoms with Crippen LogP contribution in [0, 0.1) is 0 Å². The van der Waals surface area contributed by atoms with Crippen molar-refractivity contribution in [3.8, 4) is 5.75 Å². The van der Waals surface area contributed by atoms with Crippen molar-refractivity contribution in [2.75, 3.05) is 6.54 Å². The van der Waals surface area contributed by atoms with Gasteiger partial charge in [0.1, 0.15) is 5.75 Å². The molecule has 0 saturated heterocycles. The van der Waals surface area contributed by atoms with E-state index in [1.54, 1.807) is 12.1 Å². The van der Waals surface area contributed by atoms with Crippen molar-refractivity contribution in [2.24, 2.45) is 0 Å². The molecule has 0 bridgehead atoms. The van der Waals surface area contributed by atoms with Crippen LogP contribution in [-0.2, 0) is 6.42 Å². The van der Waals surface area contributed by atoms with Crippen molar-refractivity contribution < 1.29 is 9.53 Å². The molecule has 0 amide bonds. The van der Waals surface area contributed by atoms with Gasteiger partial charge in [0.15, 0.2) is 0 Å². The predicted octanol–water partition coefficient (Wildman–Crippen LogP) is 4.60. The van der Waals surface area contributed by atoms with E-state index < -0.39 is 0 Å². The van der Waals surface area contributed by atoms with E-state index >= 15 is 0 Å². The third kappa shape index (κ3) is 4.68. The zero-order valence-electron chi connectivity index (χ0n) is 14.7. The van der Waals surface area contributed by atoms with E-state index in [2.05, 4.69) is 37.4 Å². The molecule has 3 aromatic rings. The molecule has 3 nitrogen and oxygen atoms in total. The molecule has 0 radical (unpaired) electrons. The Balaban J connectivity index is 1.71. The molecule has 0 unspecified atom stereocenters. The Morgan fingerprint density at radius 1 is 0.960 bits per heavy atom. The lowest BCUT2D eigenvalue weighted by molar-refractivity contribution is 0.0735. The maximum absolute atomic E-state index is 12.1. The van der Waals surface area contributed by atoms with E-state index in [4.69, 9.17) is 4.74 Å². The summed E-state index contributed by atoms with van der Waals surface area (Å²) in [6.45, 7) is 5.27. The minimum absolute atomic E-state index is 0.337. The molecular weight excluding hydrogens is 310 g/mol. The highest BCUT2D eigenvalue weighted by Gasteiger charge is 2.08. The van der Waals surface area contributed by atoms with Crippen LogP contribution in [0.4, 0.5) is 0 Å². The van der Waals surface area contributed by atoms with Crippen molar-refractivity contribution in [1.82, 2.24) is 5.32 Å². The van der Waals surface area contributed by atoms with Gasteiger partial charge in [-0.1, -0.05) is 56.3 Å². The van der Waals surface area contributed by atoms with Crippen LogP contribution in [0.3, 0.4) is 0 Å². The first kappa shape index (κ1) is 17.2. The van der Waals surface area contributed by atoms with Gasteiger partial charge in [0.05, 0.1) is 5.56 Å². The van der Waals surface area contributed by atoms with Crippen LogP contribution in [0.1, 0.15) is 29.8 Å². The first-order valence-corrected chi connectivity index (χ1v) is 8.65. The first-order chi connectivity index (χ1) is 12.1. The van der Waals surface area contributed by atoms with Gasteiger partial charge in [-0.05, 0) is 53.6 Å². The van der Waals surface area contributed by atoms with Crippen molar-refractivity contribution in [1.29, 1.82) is 0 Å². The third-order valence-electron chi connectivity index (χ3n) is 4.06. The molecule has 0 fully saturated rings. The fraction of sp³-hybridized carbons (Fsp3) is 0.227. The molecule has 0 aliphatic heterocycles. The summed E-state index contributed by atoms with van der Waals surface area (Å²) in [7, 11) is 0. The molecule has 0 aliphatic rings. The molecule has 1 N–H and O–H groups in total. The number of rotatable bonds is 6. The largest absolute Gasteiger partial charge is 0.423 e. The van der Waals surface area contributed by atoms with Crippen LogP contribution >= 0.6 is 0 Å². The SMILES string of the molecule is CC(C)NCCc1ccc2cc(OC(=O)c3ccccc3)ccc2c1. The van der Waals surface area contributed by atoms with Gasteiger partial charge >= 0.3 is 5.97 Å². The van der Waals surface area contributed by atoms with E-state index in [0.29, 0.717) is 17.4 Å². The molecule has 0 aromatic heterocycles. The van der Waals surface area contributed by atoms with Gasteiger partial charge in [0.2, 0.25) is 0 Å². The number of carbonyl (C=O) groups is 1. The van der Waals surface area contributed by atoms with Gasteiger partial charge in [-0.15, -0.1) is 0 Å². The van der Waals surface area contributed by atoms with Crippen molar-refractivity contribution in [3.63, 3.8) is 0 Å². The maximum Gasteiger partial charge on any atom is 0.343 e. The van der Waals surface area contributed by atoms with Gasteiger partial charge in [0.25, 0.3) is 0 Å². The fourth-order valence-electron chi connectivity index (χ4n) is 2.74. The zero-order valence-corrected chi connectivity index (χ0v) is 14.7. The first-order valence-electron chi connectivity index (χ1n) is 8.65. The minimum Gasteiger partial charge on any atom is -0.423 e. The summed E-state index contributed by atoms with van der Waals surface area (Å²) in [5.74, 6) is 0.229. The number of carbonyl (C=O) groups excluding carboxylic acids is 1. The van der Waals surface area contributed by atoms with Crippen molar-refractivity contribution in [3.05, 3.63) is 77.9 Å². The van der Waals surface area contributed by atoms with E-state index in [1.807, 2.05) is 36.4 Å². The average molecular weight is 333 g/mol. The van der Waals surface area contributed by atoms with Gasteiger partial charge in [0, 0.05) is 6.04 Å². The van der Waals surface area contributed by atoms with Crippen LogP contribution in [0.2, 0.25) is 0 Å². The Hall–Kier alpha value is -2.65. The molecule has 0 aliphatic carbocycles. The summed E-state index contributed by atoms with van der Waals surface area (Å²) in [4.78, 5) is 12.1. The Morgan fingerprint density at radius 2 is 1.68 bits per heavy atom. The number of ether oxygens (including phenoxy) is 1. The molecule has 0 saturated carbocycles. The summed E-state index contributed by atoms with van der Waals surface area (Å²) < 4.78 is 5.48. The summed E-state index contributed by atoms with van der Waals surface area (Å²) >= 11 is 0. The van der Waals surface area contributed by atoms with Gasteiger partial charge < -0.3 is 10.1 Å². The summed E-state index contributed by atoms with van der Waals surface area (Å²) in [5, 5.41) is 5.65. The normalized spacial score (nSPS) is 11.0. The highest BCUT2D eigenvalue weighted by Crippen LogP contribution is 2.23. The zero-order chi connectivity index (χ0) is 17.6. The molecule has 0 heterocycles. The summed E-state index contributed by atoms with van der Waals surface area (Å²) in [6.07, 6.45) is 0.999. The fourth-order valence-corrected chi connectivity index (χ4v) is 2.74. The topological polar surface area (TPSA) is 38.3 Å². The quantitative estimate of drug-likeness (QED) is 0.529. The van der Waals surface area contributed by atoms with Crippen molar-refractivity contribution in [2.45, 2.75) is 26.3 Å². The molecule has 3 rings (SSSR count). The Bertz CT molecular complexity index is 856. The number of hydrogen-bond donors (Lipinski definition) is 1. The highest BCUT2D eigenvalue weighted by molar-refractivity contribution is 5.92. The lowest BCUT2D eigenvalue weighted by Gasteiger charge is -2.09. The number of benzene rings is 3. The number of esters is 1. The second-order valence-corrected chi connectivity index (χ2v) is 6.46. The molecule has 0 atom stereocenters. The van der Waals surface area contributed by atoms with Crippen LogP contribution < -0.4 is 10.1 Å². The summed E-state index contributed by atoms with van der Waals surface area (Å²) in [5.41, 5.74) is 1.85. The Kier molecular flexibility index (Phi) is 5.46. The molecule has 3 aromatic carbocycles. The second-order valence-electron chi connectivity index (χ2n) is 6.46. The van der Waals surface area contributed by atoms with Gasteiger partial charge in [-0.3, -0.25) is 0 Å². The Labute approximate surface area is 148 Å². The highest BCUT2D eigenvalue weighted by atomic mass is 16.5. The minimum atomic E-state index is -0.337.